The number of pyridine rings is 1. The number of nitrogens with zero attached hydrogens (tertiary/aromatic N) is 4. The molecule has 7 nitrogen and oxygen atoms in total. The molecule has 3 rings (SSSR count). The molecule has 3 heterocycles. The fourth-order valence-electron chi connectivity index (χ4n) is 3.64. The lowest BCUT2D eigenvalue weighted by molar-refractivity contribution is -0.130. The van der Waals surface area contributed by atoms with Gasteiger partial charge in [-0.2, -0.15) is 0 Å². The van der Waals surface area contributed by atoms with E-state index in [0.29, 0.717) is 6.54 Å². The molecule has 0 unspecified atom stereocenters. The number of likely N-dealkylation sites (tertiary alicyclic amines) is 1. The molecule has 2 saturated heterocycles. The van der Waals surface area contributed by atoms with E-state index < -0.39 is 0 Å². The second kappa shape index (κ2) is 9.09. The fraction of sp³-hybridized carbons (Fsp3) is 0.632. The molecule has 1 aromatic heterocycles. The van der Waals surface area contributed by atoms with Gasteiger partial charge in [0.25, 0.3) is 0 Å². The van der Waals surface area contributed by atoms with Crippen LogP contribution in [0, 0.1) is 0 Å². The molecule has 0 aromatic carbocycles. The zero-order valence-corrected chi connectivity index (χ0v) is 15.6. The van der Waals surface area contributed by atoms with Crippen LogP contribution in [0.5, 0.6) is 0 Å². The first-order valence-electron chi connectivity index (χ1n) is 9.49. The molecule has 7 heteroatoms. The Hall–Kier alpha value is -1.99. The topological polar surface area (TPSA) is 68.8 Å². The molecule has 2 aliphatic rings. The molecule has 0 radical (unpaired) electrons. The average Bonchev–Trinajstić information content (AvgIpc) is 2.64. The van der Waals surface area contributed by atoms with Crippen LogP contribution in [0.25, 0.3) is 0 Å². The highest BCUT2D eigenvalue weighted by Gasteiger charge is 2.24. The fourth-order valence-corrected chi connectivity index (χ4v) is 3.64. The van der Waals surface area contributed by atoms with E-state index in [1.807, 2.05) is 23.2 Å². The van der Waals surface area contributed by atoms with Gasteiger partial charge in [0.05, 0.1) is 12.2 Å². The number of nitrogens with one attached hydrogen (secondary N) is 1. The molecule has 2 aliphatic heterocycles. The monoisotopic (exact) mass is 359 g/mol. The van der Waals surface area contributed by atoms with Gasteiger partial charge in [-0.15, -0.1) is 0 Å². The van der Waals surface area contributed by atoms with Crippen LogP contribution in [0.1, 0.15) is 25.5 Å². The summed E-state index contributed by atoms with van der Waals surface area (Å²) >= 11 is 0. The van der Waals surface area contributed by atoms with Crippen molar-refractivity contribution >= 4 is 11.8 Å². The largest absolute Gasteiger partial charge is 0.352 e. The van der Waals surface area contributed by atoms with E-state index >= 15 is 0 Å². The third kappa shape index (κ3) is 5.51. The van der Waals surface area contributed by atoms with E-state index in [4.69, 9.17) is 0 Å². The number of carbonyl (C=O) groups is 2. The number of carbonyl (C=O) groups excluding carboxylic acids is 2. The minimum absolute atomic E-state index is 0.101. The van der Waals surface area contributed by atoms with Crippen molar-refractivity contribution in [1.82, 2.24) is 25.0 Å². The standard InChI is InChI=1S/C19H29N5O2/c1-16(25)24-8-5-17(6-9-24)21-19(26)15-23-12-10-22(11-13-23)14-18-4-2-3-7-20-18/h2-4,7,17H,5-6,8-15H2,1H3,(H,21,26). The summed E-state index contributed by atoms with van der Waals surface area (Å²) in [5, 5.41) is 3.13. The molecule has 0 saturated carbocycles. The summed E-state index contributed by atoms with van der Waals surface area (Å²) < 4.78 is 0. The van der Waals surface area contributed by atoms with Crippen molar-refractivity contribution in [3.63, 3.8) is 0 Å². The number of hydrogen-bond acceptors (Lipinski definition) is 5. The molecule has 142 valence electrons. The van der Waals surface area contributed by atoms with Crippen LogP contribution in [-0.2, 0) is 16.1 Å². The molecular weight excluding hydrogens is 330 g/mol. The third-order valence-electron chi connectivity index (χ3n) is 5.25. The van der Waals surface area contributed by atoms with Gasteiger partial charge in [0.2, 0.25) is 11.8 Å². The van der Waals surface area contributed by atoms with Gasteiger partial charge in [0, 0.05) is 65.0 Å². The van der Waals surface area contributed by atoms with Crippen LogP contribution in [0.15, 0.2) is 24.4 Å². The number of piperidine rings is 1. The molecule has 0 aliphatic carbocycles. The van der Waals surface area contributed by atoms with Crippen molar-refractivity contribution in [3.05, 3.63) is 30.1 Å². The lowest BCUT2D eigenvalue weighted by atomic mass is 10.1. The maximum Gasteiger partial charge on any atom is 0.234 e. The van der Waals surface area contributed by atoms with Gasteiger partial charge >= 0.3 is 0 Å². The number of piperazine rings is 1. The number of rotatable bonds is 5. The van der Waals surface area contributed by atoms with Gasteiger partial charge in [0.1, 0.15) is 0 Å². The minimum Gasteiger partial charge on any atom is -0.352 e. The van der Waals surface area contributed by atoms with Crippen LogP contribution in [0.3, 0.4) is 0 Å². The number of amides is 2. The highest BCUT2D eigenvalue weighted by atomic mass is 16.2. The van der Waals surface area contributed by atoms with E-state index in [-0.39, 0.29) is 17.9 Å². The Kier molecular flexibility index (Phi) is 6.57. The molecule has 0 bridgehead atoms. The Labute approximate surface area is 155 Å². The van der Waals surface area contributed by atoms with Gasteiger partial charge in [-0.1, -0.05) is 6.07 Å². The van der Waals surface area contributed by atoms with Crippen LogP contribution in [-0.4, -0.2) is 83.4 Å². The van der Waals surface area contributed by atoms with Crippen molar-refractivity contribution < 1.29 is 9.59 Å². The Morgan fingerprint density at radius 1 is 1.08 bits per heavy atom. The predicted molar refractivity (Wildman–Crippen MR) is 99.4 cm³/mol. The van der Waals surface area contributed by atoms with E-state index in [1.165, 1.54) is 0 Å². The number of aromatic nitrogens is 1. The van der Waals surface area contributed by atoms with Gasteiger partial charge in [-0.05, 0) is 25.0 Å². The number of hydrogen-bond donors (Lipinski definition) is 1. The summed E-state index contributed by atoms with van der Waals surface area (Å²) in [4.78, 5) is 34.5. The summed E-state index contributed by atoms with van der Waals surface area (Å²) in [6.07, 6.45) is 3.53. The van der Waals surface area contributed by atoms with Crippen molar-refractivity contribution in [1.29, 1.82) is 0 Å². The van der Waals surface area contributed by atoms with E-state index in [2.05, 4.69) is 26.2 Å². The highest BCUT2D eigenvalue weighted by Crippen LogP contribution is 2.11. The van der Waals surface area contributed by atoms with Crippen LogP contribution >= 0.6 is 0 Å². The molecule has 1 N–H and O–H groups in total. The van der Waals surface area contributed by atoms with Crippen molar-refractivity contribution in [2.24, 2.45) is 0 Å². The van der Waals surface area contributed by atoms with Gasteiger partial charge in [-0.3, -0.25) is 24.4 Å². The molecule has 0 atom stereocenters. The molecule has 2 fully saturated rings. The summed E-state index contributed by atoms with van der Waals surface area (Å²) in [5.74, 6) is 0.225. The summed E-state index contributed by atoms with van der Waals surface area (Å²) in [6, 6.07) is 6.20. The van der Waals surface area contributed by atoms with E-state index in [1.54, 1.807) is 6.92 Å². The summed E-state index contributed by atoms with van der Waals surface area (Å²) in [7, 11) is 0. The quantitative estimate of drug-likeness (QED) is 0.820. The molecule has 1 aromatic rings. The highest BCUT2D eigenvalue weighted by molar-refractivity contribution is 5.78. The first kappa shape index (κ1) is 18.8. The molecule has 0 spiro atoms. The molecular formula is C19H29N5O2. The third-order valence-corrected chi connectivity index (χ3v) is 5.25. The molecule has 2 amide bonds. The minimum atomic E-state index is 0.101. The first-order chi connectivity index (χ1) is 12.6. The zero-order valence-electron chi connectivity index (χ0n) is 15.6. The Balaban J connectivity index is 1.34. The Bertz CT molecular complexity index is 593. The van der Waals surface area contributed by atoms with E-state index in [9.17, 15) is 9.59 Å². The normalized spacial score (nSPS) is 20.1. The maximum atomic E-state index is 12.3. The maximum absolute atomic E-state index is 12.3. The predicted octanol–water partition coefficient (Wildman–Crippen LogP) is 0.326. The van der Waals surface area contributed by atoms with Crippen LogP contribution < -0.4 is 5.32 Å². The van der Waals surface area contributed by atoms with Crippen molar-refractivity contribution in [3.8, 4) is 0 Å². The second-order valence-corrected chi connectivity index (χ2v) is 7.22. The summed E-state index contributed by atoms with van der Waals surface area (Å²) in [5.41, 5.74) is 1.09. The van der Waals surface area contributed by atoms with Crippen LogP contribution in [0.2, 0.25) is 0 Å². The van der Waals surface area contributed by atoms with Crippen molar-refractivity contribution in [2.45, 2.75) is 32.4 Å². The van der Waals surface area contributed by atoms with Gasteiger partial charge in [-0.25, -0.2) is 0 Å². The zero-order chi connectivity index (χ0) is 18.4. The Morgan fingerprint density at radius 2 is 1.77 bits per heavy atom. The molecule has 26 heavy (non-hydrogen) atoms. The van der Waals surface area contributed by atoms with Crippen molar-refractivity contribution in [2.75, 3.05) is 45.8 Å². The van der Waals surface area contributed by atoms with Gasteiger partial charge in [0.15, 0.2) is 0 Å². The Morgan fingerprint density at radius 3 is 2.38 bits per heavy atom. The van der Waals surface area contributed by atoms with Gasteiger partial charge < -0.3 is 10.2 Å². The smallest absolute Gasteiger partial charge is 0.234 e. The summed E-state index contributed by atoms with van der Waals surface area (Å²) in [6.45, 7) is 8.15. The lowest BCUT2D eigenvalue weighted by Gasteiger charge is -2.35. The van der Waals surface area contributed by atoms with Crippen LogP contribution in [0.4, 0.5) is 0 Å². The first-order valence-corrected chi connectivity index (χ1v) is 9.49. The second-order valence-electron chi connectivity index (χ2n) is 7.22. The SMILES string of the molecule is CC(=O)N1CCC(NC(=O)CN2CCN(Cc3ccccn3)CC2)CC1. The lowest BCUT2D eigenvalue weighted by Crippen LogP contribution is -2.51. The average molecular weight is 359 g/mol. The van der Waals surface area contributed by atoms with E-state index in [0.717, 1.165) is 64.3 Å².